The van der Waals surface area contributed by atoms with E-state index in [4.69, 9.17) is 4.74 Å². The fourth-order valence-corrected chi connectivity index (χ4v) is 1.61. The molecule has 0 spiro atoms. The molecule has 4 nitrogen and oxygen atoms in total. The number of rotatable bonds is 4. The monoisotopic (exact) mass is 223 g/mol. The molecular formula is C12H17NO3. The van der Waals surface area contributed by atoms with Crippen molar-refractivity contribution in [3.05, 3.63) is 23.8 Å². The van der Waals surface area contributed by atoms with Gasteiger partial charge in [-0.3, -0.25) is 4.79 Å². The minimum atomic E-state index is -0.0507. The number of hydrogen-bond acceptors (Lipinski definition) is 3. The summed E-state index contributed by atoms with van der Waals surface area (Å²) in [6.45, 7) is 3.41. The van der Waals surface area contributed by atoms with Crippen LogP contribution in [0.4, 0.5) is 0 Å². The van der Waals surface area contributed by atoms with Gasteiger partial charge in [0.25, 0.3) is 0 Å². The van der Waals surface area contributed by atoms with E-state index in [1.165, 1.54) is 14.0 Å². The van der Waals surface area contributed by atoms with Crippen LogP contribution in [0.15, 0.2) is 18.2 Å². The third-order valence-electron chi connectivity index (χ3n) is 2.23. The van der Waals surface area contributed by atoms with E-state index in [1.54, 1.807) is 12.1 Å². The van der Waals surface area contributed by atoms with E-state index >= 15 is 0 Å². The molecule has 0 aliphatic carbocycles. The zero-order valence-corrected chi connectivity index (χ0v) is 9.78. The minimum absolute atomic E-state index is 0.0466. The second-order valence-corrected chi connectivity index (χ2v) is 3.81. The standard InChI is InChI=1S/C12H17NO3/c1-8(13-9(2)14)6-10-4-5-12(16-3)11(15)7-10/h4-5,7-8,15H,6H2,1-3H3,(H,13,14). The molecule has 0 saturated carbocycles. The average Bonchev–Trinajstić information content (AvgIpc) is 2.16. The maximum absolute atomic E-state index is 10.8. The Hall–Kier alpha value is -1.71. The van der Waals surface area contributed by atoms with Gasteiger partial charge >= 0.3 is 0 Å². The molecule has 1 aromatic carbocycles. The van der Waals surface area contributed by atoms with Gasteiger partial charge in [0.15, 0.2) is 11.5 Å². The van der Waals surface area contributed by atoms with E-state index in [0.717, 1.165) is 5.56 Å². The maximum Gasteiger partial charge on any atom is 0.217 e. The number of benzene rings is 1. The van der Waals surface area contributed by atoms with E-state index in [9.17, 15) is 9.90 Å². The van der Waals surface area contributed by atoms with Crippen LogP contribution in [0.1, 0.15) is 19.4 Å². The summed E-state index contributed by atoms with van der Waals surface area (Å²) in [5.41, 5.74) is 0.958. The molecule has 0 bridgehead atoms. The van der Waals surface area contributed by atoms with Gasteiger partial charge in [0.05, 0.1) is 7.11 Å². The van der Waals surface area contributed by atoms with Crippen molar-refractivity contribution in [1.29, 1.82) is 0 Å². The van der Waals surface area contributed by atoms with Crippen LogP contribution in [0.2, 0.25) is 0 Å². The van der Waals surface area contributed by atoms with Crippen LogP contribution < -0.4 is 10.1 Å². The molecule has 0 aliphatic rings. The van der Waals surface area contributed by atoms with E-state index in [1.807, 2.05) is 13.0 Å². The molecule has 1 rings (SSSR count). The summed E-state index contributed by atoms with van der Waals surface area (Å²) in [4.78, 5) is 10.8. The molecule has 1 unspecified atom stereocenters. The summed E-state index contributed by atoms with van der Waals surface area (Å²) in [5, 5.41) is 12.4. The second-order valence-electron chi connectivity index (χ2n) is 3.81. The van der Waals surface area contributed by atoms with Crippen molar-refractivity contribution in [2.24, 2.45) is 0 Å². The molecule has 1 atom stereocenters. The molecule has 0 heterocycles. The molecule has 0 aromatic heterocycles. The van der Waals surface area contributed by atoms with Gasteiger partial charge in [0, 0.05) is 13.0 Å². The number of ether oxygens (including phenoxy) is 1. The molecule has 16 heavy (non-hydrogen) atoms. The fraction of sp³-hybridized carbons (Fsp3) is 0.417. The van der Waals surface area contributed by atoms with Crippen LogP contribution in [-0.2, 0) is 11.2 Å². The summed E-state index contributed by atoms with van der Waals surface area (Å²) < 4.78 is 4.95. The first-order valence-corrected chi connectivity index (χ1v) is 5.16. The molecule has 88 valence electrons. The van der Waals surface area contributed by atoms with E-state index < -0.39 is 0 Å². The van der Waals surface area contributed by atoms with Crippen molar-refractivity contribution in [1.82, 2.24) is 5.32 Å². The van der Waals surface area contributed by atoms with Gasteiger partial charge in [-0.25, -0.2) is 0 Å². The van der Waals surface area contributed by atoms with E-state index in [2.05, 4.69) is 5.32 Å². The lowest BCUT2D eigenvalue weighted by Gasteiger charge is -2.13. The van der Waals surface area contributed by atoms with Gasteiger partial charge in [-0.2, -0.15) is 0 Å². The number of hydrogen-bond donors (Lipinski definition) is 2. The van der Waals surface area contributed by atoms with Gasteiger partial charge < -0.3 is 15.2 Å². The Bertz CT molecular complexity index is 377. The summed E-state index contributed by atoms with van der Waals surface area (Å²) in [6, 6.07) is 5.28. The van der Waals surface area contributed by atoms with Crippen molar-refractivity contribution in [2.75, 3.05) is 7.11 Å². The van der Waals surface area contributed by atoms with Gasteiger partial charge in [-0.05, 0) is 31.0 Å². The van der Waals surface area contributed by atoms with Crippen LogP contribution in [-0.4, -0.2) is 24.2 Å². The summed E-state index contributed by atoms with van der Waals surface area (Å²) in [7, 11) is 1.51. The quantitative estimate of drug-likeness (QED) is 0.812. The molecule has 2 N–H and O–H groups in total. The third kappa shape index (κ3) is 3.46. The summed E-state index contributed by atoms with van der Waals surface area (Å²) >= 11 is 0. The first-order chi connectivity index (χ1) is 7.52. The zero-order chi connectivity index (χ0) is 12.1. The van der Waals surface area contributed by atoms with Crippen LogP contribution in [0, 0.1) is 0 Å². The molecule has 4 heteroatoms. The number of phenolic OH excluding ortho intramolecular Hbond substituents is 1. The molecule has 0 fully saturated rings. The number of phenols is 1. The van der Waals surface area contributed by atoms with Crippen molar-refractivity contribution in [2.45, 2.75) is 26.3 Å². The Labute approximate surface area is 95.2 Å². The SMILES string of the molecule is COc1ccc(CC(C)NC(C)=O)cc1O. The fourth-order valence-electron chi connectivity index (χ4n) is 1.61. The van der Waals surface area contributed by atoms with Gasteiger partial charge in [-0.15, -0.1) is 0 Å². The van der Waals surface area contributed by atoms with E-state index in [-0.39, 0.29) is 17.7 Å². The van der Waals surface area contributed by atoms with Crippen molar-refractivity contribution in [3.8, 4) is 11.5 Å². The van der Waals surface area contributed by atoms with Crippen molar-refractivity contribution in [3.63, 3.8) is 0 Å². The predicted molar refractivity (Wildman–Crippen MR) is 61.6 cm³/mol. The average molecular weight is 223 g/mol. The Morgan fingerprint density at radius 2 is 2.25 bits per heavy atom. The largest absolute Gasteiger partial charge is 0.504 e. The van der Waals surface area contributed by atoms with Crippen LogP contribution >= 0.6 is 0 Å². The highest BCUT2D eigenvalue weighted by molar-refractivity contribution is 5.73. The highest BCUT2D eigenvalue weighted by Gasteiger charge is 2.07. The van der Waals surface area contributed by atoms with Gasteiger partial charge in [0.2, 0.25) is 5.91 Å². The number of methoxy groups -OCH3 is 1. The lowest BCUT2D eigenvalue weighted by molar-refractivity contribution is -0.119. The Morgan fingerprint density at radius 3 is 2.75 bits per heavy atom. The minimum Gasteiger partial charge on any atom is -0.504 e. The second kappa shape index (κ2) is 5.39. The van der Waals surface area contributed by atoms with Gasteiger partial charge in [0.1, 0.15) is 0 Å². The van der Waals surface area contributed by atoms with Crippen LogP contribution in [0.25, 0.3) is 0 Å². The topological polar surface area (TPSA) is 58.6 Å². The third-order valence-corrected chi connectivity index (χ3v) is 2.23. The molecular weight excluding hydrogens is 206 g/mol. The summed E-state index contributed by atoms with van der Waals surface area (Å²) in [5.74, 6) is 0.524. The van der Waals surface area contributed by atoms with Crippen molar-refractivity contribution < 1.29 is 14.6 Å². The molecule has 0 aliphatic heterocycles. The lowest BCUT2D eigenvalue weighted by atomic mass is 10.1. The molecule has 0 radical (unpaired) electrons. The first kappa shape index (κ1) is 12.4. The highest BCUT2D eigenvalue weighted by atomic mass is 16.5. The predicted octanol–water partition coefficient (Wildman–Crippen LogP) is 1.47. The van der Waals surface area contributed by atoms with Crippen LogP contribution in [0.3, 0.4) is 0 Å². The first-order valence-electron chi connectivity index (χ1n) is 5.16. The number of carbonyl (C=O) groups is 1. The molecule has 1 amide bonds. The Kier molecular flexibility index (Phi) is 4.17. The number of aromatic hydroxyl groups is 1. The summed E-state index contributed by atoms with van der Waals surface area (Å²) in [6.07, 6.45) is 0.678. The van der Waals surface area contributed by atoms with Gasteiger partial charge in [-0.1, -0.05) is 6.07 Å². The number of amides is 1. The Balaban J connectivity index is 2.67. The number of nitrogens with one attached hydrogen (secondary N) is 1. The Morgan fingerprint density at radius 1 is 1.56 bits per heavy atom. The van der Waals surface area contributed by atoms with Crippen LogP contribution in [0.5, 0.6) is 11.5 Å². The smallest absolute Gasteiger partial charge is 0.217 e. The molecule has 1 aromatic rings. The maximum atomic E-state index is 10.8. The normalized spacial score (nSPS) is 11.9. The number of carbonyl (C=O) groups excluding carboxylic acids is 1. The highest BCUT2D eigenvalue weighted by Crippen LogP contribution is 2.26. The zero-order valence-electron chi connectivity index (χ0n) is 9.78. The molecule has 0 saturated heterocycles. The van der Waals surface area contributed by atoms with Crippen molar-refractivity contribution >= 4 is 5.91 Å². The lowest BCUT2D eigenvalue weighted by Crippen LogP contribution is -2.31. The van der Waals surface area contributed by atoms with E-state index in [0.29, 0.717) is 12.2 Å².